The fraction of sp³-hybridized carbons (Fsp3) is 0.200. The van der Waals surface area contributed by atoms with Gasteiger partial charge in [-0.3, -0.25) is 13.9 Å². The van der Waals surface area contributed by atoms with E-state index >= 15 is 0 Å². The smallest absolute Gasteiger partial charge is 0.338 e. The van der Waals surface area contributed by atoms with Crippen molar-refractivity contribution in [3.05, 3.63) is 75.2 Å². The van der Waals surface area contributed by atoms with Gasteiger partial charge in [0, 0.05) is 14.1 Å². The van der Waals surface area contributed by atoms with Crippen LogP contribution in [0.2, 0.25) is 0 Å². The van der Waals surface area contributed by atoms with Crippen molar-refractivity contribution in [3.8, 4) is 0 Å². The molecule has 0 N–H and O–H groups in total. The van der Waals surface area contributed by atoms with E-state index in [0.717, 1.165) is 15.3 Å². The Bertz CT molecular complexity index is 1330. The first-order chi connectivity index (χ1) is 13.5. The number of carbonyl (C=O) groups excluding carboxylic acids is 1. The Morgan fingerprint density at radius 1 is 1.04 bits per heavy atom. The van der Waals surface area contributed by atoms with E-state index in [4.69, 9.17) is 4.74 Å². The summed E-state index contributed by atoms with van der Waals surface area (Å²) < 4.78 is 9.29. The molecule has 0 aliphatic carbocycles. The fourth-order valence-corrected chi connectivity index (χ4v) is 3.20. The lowest BCUT2D eigenvalue weighted by Gasteiger charge is -2.08. The highest BCUT2D eigenvalue weighted by molar-refractivity contribution is 5.95. The standard InChI is InChI=1S/C20H18N4O4/c1-22-17-16(18(25)23(2)20(22)27)24(12-21-17)9-10-28-19(26)15-8-7-13-5-3-4-6-14(13)11-15/h3-8,11-12H,9-10H2,1-2H3. The van der Waals surface area contributed by atoms with E-state index in [1.807, 2.05) is 30.3 Å². The predicted molar refractivity (Wildman–Crippen MR) is 104 cm³/mol. The maximum absolute atomic E-state index is 12.4. The van der Waals surface area contributed by atoms with Crippen LogP contribution in [0.4, 0.5) is 0 Å². The van der Waals surface area contributed by atoms with Crippen molar-refractivity contribution < 1.29 is 9.53 Å². The van der Waals surface area contributed by atoms with Gasteiger partial charge in [0.15, 0.2) is 11.2 Å². The number of carbonyl (C=O) groups is 1. The van der Waals surface area contributed by atoms with Gasteiger partial charge in [0.2, 0.25) is 0 Å². The minimum Gasteiger partial charge on any atom is -0.460 e. The first-order valence-corrected chi connectivity index (χ1v) is 8.74. The lowest BCUT2D eigenvalue weighted by molar-refractivity contribution is 0.0492. The van der Waals surface area contributed by atoms with Crippen molar-refractivity contribution >= 4 is 27.9 Å². The minimum atomic E-state index is -0.439. The maximum Gasteiger partial charge on any atom is 0.338 e. The van der Waals surface area contributed by atoms with E-state index in [1.165, 1.54) is 17.9 Å². The molecule has 0 radical (unpaired) electrons. The average Bonchev–Trinajstić information content (AvgIpc) is 3.14. The average molecular weight is 378 g/mol. The Morgan fingerprint density at radius 2 is 1.79 bits per heavy atom. The van der Waals surface area contributed by atoms with E-state index in [9.17, 15) is 14.4 Å². The predicted octanol–water partition coefficient (Wildman–Crippen LogP) is 1.44. The zero-order chi connectivity index (χ0) is 19.8. The molecule has 2 heterocycles. The molecule has 0 amide bonds. The molecule has 4 aromatic rings. The van der Waals surface area contributed by atoms with Gasteiger partial charge in [0.25, 0.3) is 5.56 Å². The Hall–Kier alpha value is -3.68. The number of imidazole rings is 1. The fourth-order valence-electron chi connectivity index (χ4n) is 3.20. The van der Waals surface area contributed by atoms with Gasteiger partial charge in [0.05, 0.1) is 18.4 Å². The van der Waals surface area contributed by atoms with Gasteiger partial charge in [-0.05, 0) is 22.9 Å². The topological polar surface area (TPSA) is 88.1 Å². The molecular weight excluding hydrogens is 360 g/mol. The van der Waals surface area contributed by atoms with Crippen molar-refractivity contribution in [3.63, 3.8) is 0 Å². The normalized spacial score (nSPS) is 11.2. The molecule has 0 bridgehead atoms. The summed E-state index contributed by atoms with van der Waals surface area (Å²) in [6, 6.07) is 13.1. The van der Waals surface area contributed by atoms with Gasteiger partial charge in [-0.15, -0.1) is 0 Å². The number of aryl methyl sites for hydroxylation is 1. The van der Waals surface area contributed by atoms with Crippen molar-refractivity contribution in [2.24, 2.45) is 14.1 Å². The second-order valence-corrected chi connectivity index (χ2v) is 6.51. The highest BCUT2D eigenvalue weighted by atomic mass is 16.5. The number of fused-ring (bicyclic) bond motifs is 2. The van der Waals surface area contributed by atoms with Crippen LogP contribution in [0.25, 0.3) is 21.9 Å². The molecule has 0 fully saturated rings. The molecule has 4 rings (SSSR count). The van der Waals surface area contributed by atoms with Crippen molar-refractivity contribution in [1.29, 1.82) is 0 Å². The third kappa shape index (κ3) is 2.88. The number of ether oxygens (including phenoxy) is 1. The lowest BCUT2D eigenvalue weighted by atomic mass is 10.1. The molecule has 142 valence electrons. The van der Waals surface area contributed by atoms with E-state index in [-0.39, 0.29) is 13.2 Å². The molecule has 2 aromatic heterocycles. The van der Waals surface area contributed by atoms with Gasteiger partial charge in [-0.25, -0.2) is 14.6 Å². The number of hydrogen-bond donors (Lipinski definition) is 0. The van der Waals surface area contributed by atoms with Crippen molar-refractivity contribution in [1.82, 2.24) is 18.7 Å². The second-order valence-electron chi connectivity index (χ2n) is 6.51. The first-order valence-electron chi connectivity index (χ1n) is 8.74. The molecule has 8 nitrogen and oxygen atoms in total. The van der Waals surface area contributed by atoms with Crippen LogP contribution in [0.5, 0.6) is 0 Å². The van der Waals surface area contributed by atoms with Crippen LogP contribution in [-0.2, 0) is 25.4 Å². The monoisotopic (exact) mass is 378 g/mol. The third-order valence-corrected chi connectivity index (χ3v) is 4.77. The number of nitrogens with zero attached hydrogens (tertiary/aromatic N) is 4. The van der Waals surface area contributed by atoms with E-state index in [1.54, 1.807) is 23.7 Å². The second kappa shape index (κ2) is 6.80. The molecule has 0 saturated carbocycles. The van der Waals surface area contributed by atoms with E-state index < -0.39 is 17.2 Å². The third-order valence-electron chi connectivity index (χ3n) is 4.77. The number of esters is 1. The van der Waals surface area contributed by atoms with Crippen LogP contribution >= 0.6 is 0 Å². The lowest BCUT2D eigenvalue weighted by Crippen LogP contribution is -2.37. The first kappa shape index (κ1) is 17.7. The van der Waals surface area contributed by atoms with Crippen LogP contribution in [0.15, 0.2) is 58.4 Å². The largest absolute Gasteiger partial charge is 0.460 e. The minimum absolute atomic E-state index is 0.0725. The van der Waals surface area contributed by atoms with Crippen LogP contribution in [0.1, 0.15) is 10.4 Å². The van der Waals surface area contributed by atoms with Crippen LogP contribution < -0.4 is 11.2 Å². The summed E-state index contributed by atoms with van der Waals surface area (Å²) >= 11 is 0. The Kier molecular flexibility index (Phi) is 4.31. The van der Waals surface area contributed by atoms with Gasteiger partial charge < -0.3 is 9.30 Å². The molecule has 0 atom stereocenters. The molecule has 8 heteroatoms. The molecule has 0 saturated heterocycles. The van der Waals surface area contributed by atoms with E-state index in [2.05, 4.69) is 4.98 Å². The Balaban J connectivity index is 1.53. The van der Waals surface area contributed by atoms with Gasteiger partial charge in [-0.1, -0.05) is 30.3 Å². The quantitative estimate of drug-likeness (QED) is 0.502. The summed E-state index contributed by atoms with van der Waals surface area (Å²) in [5, 5.41) is 2.01. The molecular formula is C20H18N4O4. The van der Waals surface area contributed by atoms with Gasteiger partial charge >= 0.3 is 11.7 Å². The van der Waals surface area contributed by atoms with Crippen molar-refractivity contribution in [2.45, 2.75) is 6.54 Å². The number of aromatic nitrogens is 4. The summed E-state index contributed by atoms with van der Waals surface area (Å²) in [4.78, 5) is 40.9. The summed E-state index contributed by atoms with van der Waals surface area (Å²) in [7, 11) is 2.97. The summed E-state index contributed by atoms with van der Waals surface area (Å²) in [5.74, 6) is -0.435. The van der Waals surface area contributed by atoms with Gasteiger partial charge in [-0.2, -0.15) is 0 Å². The summed E-state index contributed by atoms with van der Waals surface area (Å²) in [6.07, 6.45) is 1.47. The Morgan fingerprint density at radius 3 is 2.57 bits per heavy atom. The number of hydrogen-bond acceptors (Lipinski definition) is 5. The van der Waals surface area contributed by atoms with Crippen molar-refractivity contribution in [2.75, 3.05) is 6.61 Å². The summed E-state index contributed by atoms with van der Waals surface area (Å²) in [5.41, 5.74) is 0.190. The Labute approximate surface area is 159 Å². The zero-order valence-corrected chi connectivity index (χ0v) is 15.5. The molecule has 28 heavy (non-hydrogen) atoms. The van der Waals surface area contributed by atoms with E-state index in [0.29, 0.717) is 16.7 Å². The number of benzene rings is 2. The zero-order valence-electron chi connectivity index (χ0n) is 15.5. The van der Waals surface area contributed by atoms with Crippen LogP contribution in [0.3, 0.4) is 0 Å². The highest BCUT2D eigenvalue weighted by Gasteiger charge is 2.15. The molecule has 2 aromatic carbocycles. The molecule has 0 spiro atoms. The molecule has 0 aliphatic heterocycles. The molecule has 0 aliphatic rings. The SMILES string of the molecule is Cn1c(=O)c2c(ncn2CCOC(=O)c2ccc3ccccc3c2)n(C)c1=O. The van der Waals surface area contributed by atoms with Crippen LogP contribution in [-0.4, -0.2) is 31.3 Å². The number of rotatable bonds is 4. The maximum atomic E-state index is 12.4. The molecule has 0 unspecified atom stereocenters. The van der Waals surface area contributed by atoms with Gasteiger partial charge in [0.1, 0.15) is 6.61 Å². The summed E-state index contributed by atoms with van der Waals surface area (Å²) in [6.45, 7) is 0.326. The highest BCUT2D eigenvalue weighted by Crippen LogP contribution is 2.16. The van der Waals surface area contributed by atoms with Crippen LogP contribution in [0, 0.1) is 0 Å².